The summed E-state index contributed by atoms with van der Waals surface area (Å²) in [6, 6.07) is 32.0. The maximum Gasteiger partial charge on any atom is 0.295 e. The Bertz CT molecular complexity index is 1220. The Labute approximate surface area is 152 Å². The fourth-order valence-corrected chi connectivity index (χ4v) is 3.89. The Morgan fingerprint density at radius 3 is 2.12 bits per heavy atom. The average Bonchev–Trinajstić information content (AvgIpc) is 3.02. The highest BCUT2D eigenvalue weighted by Gasteiger charge is 2.23. The average molecular weight is 335 g/mol. The highest BCUT2D eigenvalue weighted by Crippen LogP contribution is 2.34. The van der Waals surface area contributed by atoms with Gasteiger partial charge in [0.05, 0.1) is 18.6 Å². The van der Waals surface area contributed by atoms with Gasteiger partial charge < -0.3 is 0 Å². The van der Waals surface area contributed by atoms with Crippen LogP contribution in [0.4, 0.5) is 0 Å². The van der Waals surface area contributed by atoms with Crippen LogP contribution in [0.2, 0.25) is 0 Å². The smallest absolute Gasteiger partial charge is 0.229 e. The van der Waals surface area contributed by atoms with Gasteiger partial charge in [0.25, 0.3) is 5.65 Å². The fourth-order valence-electron chi connectivity index (χ4n) is 3.89. The Kier molecular flexibility index (Phi) is 3.36. The van der Waals surface area contributed by atoms with Crippen LogP contribution in [0.15, 0.2) is 97.2 Å². The molecule has 0 aliphatic heterocycles. The molecule has 0 unspecified atom stereocenters. The van der Waals surface area contributed by atoms with Gasteiger partial charge in [-0.25, -0.2) is 4.57 Å². The van der Waals surface area contributed by atoms with Gasteiger partial charge in [0.2, 0.25) is 0 Å². The fraction of sp³-hybridized carbons (Fsp3) is 0.0417. The predicted octanol–water partition coefficient (Wildman–Crippen LogP) is 5.28. The van der Waals surface area contributed by atoms with E-state index in [-0.39, 0.29) is 0 Å². The molecular weight excluding hydrogens is 316 g/mol. The SMILES string of the molecule is Cn1c2ccccc2c2c(-c3ccccc3)cc[n+](-c3ccccc3)c21. The lowest BCUT2D eigenvalue weighted by Gasteiger charge is -2.07. The lowest BCUT2D eigenvalue weighted by Crippen LogP contribution is -2.32. The highest BCUT2D eigenvalue weighted by atomic mass is 15.1. The van der Waals surface area contributed by atoms with Crippen LogP contribution < -0.4 is 4.57 Å². The standard InChI is InChI=1S/C24H19N2/c1-25-22-15-9-8-14-21(22)23-20(18-10-4-2-5-11-18)16-17-26(24(23)25)19-12-6-3-7-13-19/h2-17H,1H3/q+1. The van der Waals surface area contributed by atoms with Crippen molar-refractivity contribution in [2.24, 2.45) is 7.05 Å². The molecule has 0 N–H and O–H groups in total. The van der Waals surface area contributed by atoms with Gasteiger partial charge in [-0.2, -0.15) is 4.57 Å². The molecule has 124 valence electrons. The third-order valence-electron chi connectivity index (χ3n) is 5.08. The normalized spacial score (nSPS) is 11.3. The maximum absolute atomic E-state index is 2.30. The molecule has 3 aromatic carbocycles. The molecule has 2 nitrogen and oxygen atoms in total. The molecule has 0 fully saturated rings. The molecule has 5 aromatic rings. The van der Waals surface area contributed by atoms with Crippen molar-refractivity contribution in [1.29, 1.82) is 0 Å². The van der Waals surface area contributed by atoms with Crippen molar-refractivity contribution in [1.82, 2.24) is 4.57 Å². The molecule has 0 bridgehead atoms. The van der Waals surface area contributed by atoms with E-state index in [2.05, 4.69) is 113 Å². The lowest BCUT2D eigenvalue weighted by atomic mass is 10.0. The summed E-state index contributed by atoms with van der Waals surface area (Å²) in [6.07, 6.45) is 2.18. The van der Waals surface area contributed by atoms with Crippen molar-refractivity contribution in [2.75, 3.05) is 0 Å². The first-order valence-electron chi connectivity index (χ1n) is 8.87. The number of benzene rings is 3. The number of aryl methyl sites for hydroxylation is 1. The van der Waals surface area contributed by atoms with Crippen molar-refractivity contribution >= 4 is 21.9 Å². The predicted molar refractivity (Wildman–Crippen MR) is 107 cm³/mol. The summed E-state index contributed by atoms with van der Waals surface area (Å²) < 4.78 is 4.58. The van der Waals surface area contributed by atoms with Crippen LogP contribution in [0.5, 0.6) is 0 Å². The molecule has 26 heavy (non-hydrogen) atoms. The van der Waals surface area contributed by atoms with E-state index in [4.69, 9.17) is 0 Å². The first-order chi connectivity index (χ1) is 12.8. The molecule has 2 heteroatoms. The first-order valence-corrected chi connectivity index (χ1v) is 8.87. The van der Waals surface area contributed by atoms with Gasteiger partial charge in [-0.05, 0) is 35.9 Å². The molecule has 2 aromatic heterocycles. The largest absolute Gasteiger partial charge is 0.295 e. The number of para-hydroxylation sites is 2. The molecule has 0 atom stereocenters. The van der Waals surface area contributed by atoms with E-state index in [1.54, 1.807) is 0 Å². The zero-order valence-corrected chi connectivity index (χ0v) is 14.6. The van der Waals surface area contributed by atoms with Crippen molar-refractivity contribution < 1.29 is 4.57 Å². The summed E-state index contributed by atoms with van der Waals surface area (Å²) in [5.74, 6) is 0. The monoisotopic (exact) mass is 335 g/mol. The Hall–Kier alpha value is -3.39. The van der Waals surface area contributed by atoms with Crippen molar-refractivity contribution in [3.63, 3.8) is 0 Å². The van der Waals surface area contributed by atoms with Crippen LogP contribution in [0.25, 0.3) is 38.8 Å². The Morgan fingerprint density at radius 1 is 0.692 bits per heavy atom. The zero-order valence-electron chi connectivity index (χ0n) is 14.6. The number of aromatic nitrogens is 2. The van der Waals surface area contributed by atoms with E-state index in [1.807, 2.05) is 0 Å². The van der Waals surface area contributed by atoms with E-state index < -0.39 is 0 Å². The lowest BCUT2D eigenvalue weighted by molar-refractivity contribution is -0.570. The van der Waals surface area contributed by atoms with Crippen LogP contribution in [-0.2, 0) is 7.05 Å². The molecule has 0 aliphatic rings. The van der Waals surface area contributed by atoms with Gasteiger partial charge in [0, 0.05) is 10.9 Å². The minimum Gasteiger partial charge on any atom is -0.229 e. The van der Waals surface area contributed by atoms with Gasteiger partial charge in [0.15, 0.2) is 0 Å². The number of pyridine rings is 1. The van der Waals surface area contributed by atoms with Gasteiger partial charge >= 0.3 is 0 Å². The van der Waals surface area contributed by atoms with Gasteiger partial charge in [-0.1, -0.05) is 60.7 Å². The molecule has 0 aliphatic carbocycles. The first kappa shape index (κ1) is 14.9. The summed E-state index contributed by atoms with van der Waals surface area (Å²) in [7, 11) is 2.15. The van der Waals surface area contributed by atoms with Crippen molar-refractivity contribution in [3.05, 3.63) is 97.2 Å². The number of rotatable bonds is 2. The molecular formula is C24H19N2+. The van der Waals surface area contributed by atoms with E-state index in [9.17, 15) is 0 Å². The topological polar surface area (TPSA) is 8.81 Å². The molecule has 5 rings (SSSR count). The number of hydrogen-bond acceptors (Lipinski definition) is 0. The van der Waals surface area contributed by atoms with Gasteiger partial charge in [-0.3, -0.25) is 0 Å². The number of fused-ring (bicyclic) bond motifs is 3. The molecule has 2 heterocycles. The van der Waals surface area contributed by atoms with E-state index >= 15 is 0 Å². The Morgan fingerprint density at radius 2 is 1.35 bits per heavy atom. The molecule has 0 spiro atoms. The Balaban J connectivity index is 1.97. The van der Waals surface area contributed by atoms with Crippen LogP contribution in [0.3, 0.4) is 0 Å². The van der Waals surface area contributed by atoms with Crippen LogP contribution >= 0.6 is 0 Å². The minimum absolute atomic E-state index is 1.17. The summed E-state index contributed by atoms with van der Waals surface area (Å²) >= 11 is 0. The van der Waals surface area contributed by atoms with Crippen LogP contribution in [-0.4, -0.2) is 4.57 Å². The van der Waals surface area contributed by atoms with Crippen LogP contribution in [0.1, 0.15) is 0 Å². The van der Waals surface area contributed by atoms with Crippen LogP contribution in [0, 0.1) is 0 Å². The van der Waals surface area contributed by atoms with Gasteiger partial charge in [-0.15, -0.1) is 0 Å². The second-order valence-corrected chi connectivity index (χ2v) is 6.58. The third kappa shape index (κ3) is 2.16. The molecule has 0 saturated heterocycles. The summed E-state index contributed by atoms with van der Waals surface area (Å²) in [4.78, 5) is 0. The maximum atomic E-state index is 2.30. The molecule has 0 radical (unpaired) electrons. The summed E-state index contributed by atoms with van der Waals surface area (Å²) in [5.41, 5.74) is 6.14. The minimum atomic E-state index is 1.17. The second kappa shape index (κ2) is 5.85. The number of hydrogen-bond donors (Lipinski definition) is 0. The molecule has 0 saturated carbocycles. The second-order valence-electron chi connectivity index (χ2n) is 6.58. The summed E-state index contributed by atoms with van der Waals surface area (Å²) in [6.45, 7) is 0. The third-order valence-corrected chi connectivity index (χ3v) is 5.08. The van der Waals surface area contributed by atoms with Crippen molar-refractivity contribution in [2.45, 2.75) is 0 Å². The van der Waals surface area contributed by atoms with E-state index in [0.717, 1.165) is 0 Å². The molecule has 0 amide bonds. The quantitative estimate of drug-likeness (QED) is 0.388. The summed E-state index contributed by atoms with van der Waals surface area (Å²) in [5, 5.41) is 2.58. The van der Waals surface area contributed by atoms with E-state index in [1.165, 1.54) is 38.8 Å². The zero-order chi connectivity index (χ0) is 17.5. The highest BCUT2D eigenvalue weighted by molar-refractivity contribution is 6.12. The van der Waals surface area contributed by atoms with Gasteiger partial charge in [0.1, 0.15) is 11.2 Å². The number of nitrogens with zero attached hydrogens (tertiary/aromatic N) is 2. The van der Waals surface area contributed by atoms with Crippen molar-refractivity contribution in [3.8, 4) is 16.8 Å². The van der Waals surface area contributed by atoms with E-state index in [0.29, 0.717) is 0 Å².